The molecule has 3 aromatic carbocycles. The van der Waals surface area contributed by atoms with Crippen LogP contribution >= 0.6 is 0 Å². The van der Waals surface area contributed by atoms with Crippen molar-refractivity contribution in [2.45, 2.75) is 13.8 Å². The minimum absolute atomic E-state index is 0.0811. The lowest BCUT2D eigenvalue weighted by Gasteiger charge is -2.21. The Morgan fingerprint density at radius 3 is 2.25 bits per heavy atom. The van der Waals surface area contributed by atoms with Crippen molar-refractivity contribution in [3.8, 4) is 0 Å². The Bertz CT molecular complexity index is 831. The van der Waals surface area contributed by atoms with Crippen LogP contribution in [-0.2, 0) is 0 Å². The van der Waals surface area contributed by atoms with Crippen molar-refractivity contribution in [3.05, 3.63) is 72.3 Å². The van der Waals surface area contributed by atoms with E-state index in [-0.39, 0.29) is 5.91 Å². The quantitative estimate of drug-likeness (QED) is 0.723. The maximum atomic E-state index is 12.6. The van der Waals surface area contributed by atoms with Crippen molar-refractivity contribution in [3.63, 3.8) is 0 Å². The first-order chi connectivity index (χ1) is 11.7. The summed E-state index contributed by atoms with van der Waals surface area (Å²) in [6, 6.07) is 21.7. The Hall–Kier alpha value is -2.81. The van der Waals surface area contributed by atoms with Crippen LogP contribution in [0.2, 0.25) is 0 Å². The Kier molecular flexibility index (Phi) is 4.80. The van der Waals surface area contributed by atoms with E-state index in [1.807, 2.05) is 66.7 Å². The molecule has 0 atom stereocenters. The van der Waals surface area contributed by atoms with E-state index in [2.05, 4.69) is 24.1 Å². The number of hydrogen-bond acceptors (Lipinski definition) is 2. The van der Waals surface area contributed by atoms with Gasteiger partial charge in [0.25, 0.3) is 5.91 Å². The summed E-state index contributed by atoms with van der Waals surface area (Å²) in [6.07, 6.45) is 0. The van der Waals surface area contributed by atoms with Crippen LogP contribution in [0, 0.1) is 0 Å². The highest BCUT2D eigenvalue weighted by Crippen LogP contribution is 2.21. The Morgan fingerprint density at radius 1 is 0.875 bits per heavy atom. The highest BCUT2D eigenvalue weighted by Gasteiger charge is 2.10. The molecular weight excluding hydrogens is 296 g/mol. The van der Waals surface area contributed by atoms with Crippen LogP contribution in [0.5, 0.6) is 0 Å². The summed E-state index contributed by atoms with van der Waals surface area (Å²) in [4.78, 5) is 14.9. The third kappa shape index (κ3) is 3.25. The van der Waals surface area contributed by atoms with E-state index in [4.69, 9.17) is 0 Å². The molecule has 0 saturated carbocycles. The van der Waals surface area contributed by atoms with Gasteiger partial charge in [-0.05, 0) is 55.0 Å². The Morgan fingerprint density at radius 2 is 1.54 bits per heavy atom. The molecule has 0 aliphatic rings. The number of hydrogen-bond donors (Lipinski definition) is 1. The van der Waals surface area contributed by atoms with Gasteiger partial charge in [0.05, 0.1) is 0 Å². The van der Waals surface area contributed by atoms with E-state index in [1.165, 1.54) is 5.69 Å². The second kappa shape index (κ2) is 7.18. The maximum absolute atomic E-state index is 12.6. The first-order valence-electron chi connectivity index (χ1n) is 8.37. The topological polar surface area (TPSA) is 32.3 Å². The first kappa shape index (κ1) is 16.1. The van der Waals surface area contributed by atoms with Crippen LogP contribution in [0.15, 0.2) is 66.7 Å². The zero-order chi connectivity index (χ0) is 16.9. The molecule has 0 bridgehead atoms. The lowest BCUT2D eigenvalue weighted by Crippen LogP contribution is -2.21. The molecule has 0 radical (unpaired) electrons. The fourth-order valence-corrected chi connectivity index (χ4v) is 2.97. The van der Waals surface area contributed by atoms with Crippen LogP contribution in [0.1, 0.15) is 24.2 Å². The molecule has 1 N–H and O–H groups in total. The standard InChI is InChI=1S/C21H22N2O/c1-3-23(4-2)18-14-12-17(13-15-18)22-21(24)20-11-7-9-16-8-5-6-10-19(16)20/h5-15H,3-4H2,1-2H3,(H,22,24). The van der Waals surface area contributed by atoms with E-state index in [0.29, 0.717) is 5.56 Å². The molecule has 0 aromatic heterocycles. The maximum Gasteiger partial charge on any atom is 0.256 e. The Labute approximate surface area is 142 Å². The van der Waals surface area contributed by atoms with Gasteiger partial charge in [-0.3, -0.25) is 4.79 Å². The number of nitrogens with one attached hydrogen (secondary N) is 1. The molecule has 0 unspecified atom stereocenters. The van der Waals surface area contributed by atoms with Gasteiger partial charge in [-0.25, -0.2) is 0 Å². The summed E-state index contributed by atoms with van der Waals surface area (Å²) in [6.45, 7) is 6.22. The molecule has 0 aliphatic carbocycles. The summed E-state index contributed by atoms with van der Waals surface area (Å²) in [5, 5.41) is 5.04. The van der Waals surface area contributed by atoms with Crippen molar-refractivity contribution in [2.75, 3.05) is 23.3 Å². The molecule has 0 heterocycles. The monoisotopic (exact) mass is 318 g/mol. The molecular formula is C21H22N2O. The van der Waals surface area contributed by atoms with Crippen LogP contribution in [0.4, 0.5) is 11.4 Å². The fourth-order valence-electron chi connectivity index (χ4n) is 2.97. The molecule has 122 valence electrons. The van der Waals surface area contributed by atoms with E-state index in [1.54, 1.807) is 0 Å². The summed E-state index contributed by atoms with van der Waals surface area (Å²) < 4.78 is 0. The van der Waals surface area contributed by atoms with Gasteiger partial charge in [0.1, 0.15) is 0 Å². The highest BCUT2D eigenvalue weighted by molar-refractivity contribution is 6.12. The normalized spacial score (nSPS) is 10.6. The van der Waals surface area contributed by atoms with Gasteiger partial charge in [-0.15, -0.1) is 0 Å². The second-order valence-corrected chi connectivity index (χ2v) is 5.70. The third-order valence-corrected chi connectivity index (χ3v) is 4.29. The van der Waals surface area contributed by atoms with Crippen molar-refractivity contribution in [1.29, 1.82) is 0 Å². The summed E-state index contributed by atoms with van der Waals surface area (Å²) >= 11 is 0. The van der Waals surface area contributed by atoms with Crippen molar-refractivity contribution in [1.82, 2.24) is 0 Å². The minimum Gasteiger partial charge on any atom is -0.372 e. The van der Waals surface area contributed by atoms with Crippen molar-refractivity contribution >= 4 is 28.1 Å². The lowest BCUT2D eigenvalue weighted by atomic mass is 10.0. The van der Waals surface area contributed by atoms with Gasteiger partial charge in [-0.2, -0.15) is 0 Å². The van der Waals surface area contributed by atoms with Gasteiger partial charge < -0.3 is 10.2 Å². The van der Waals surface area contributed by atoms with Gasteiger partial charge >= 0.3 is 0 Å². The van der Waals surface area contributed by atoms with E-state index in [9.17, 15) is 4.79 Å². The number of nitrogens with zero attached hydrogens (tertiary/aromatic N) is 1. The first-order valence-corrected chi connectivity index (χ1v) is 8.37. The summed E-state index contributed by atoms with van der Waals surface area (Å²) in [7, 11) is 0. The number of carbonyl (C=O) groups excluding carboxylic acids is 1. The van der Waals surface area contributed by atoms with E-state index >= 15 is 0 Å². The fraction of sp³-hybridized carbons (Fsp3) is 0.190. The van der Waals surface area contributed by atoms with Crippen LogP contribution in [-0.4, -0.2) is 19.0 Å². The average Bonchev–Trinajstić information content (AvgIpc) is 2.63. The van der Waals surface area contributed by atoms with Gasteiger partial charge in [0.15, 0.2) is 0 Å². The van der Waals surface area contributed by atoms with Crippen molar-refractivity contribution < 1.29 is 4.79 Å². The molecule has 0 saturated heterocycles. The highest BCUT2D eigenvalue weighted by atomic mass is 16.1. The van der Waals surface area contributed by atoms with Crippen LogP contribution < -0.4 is 10.2 Å². The molecule has 3 heteroatoms. The number of rotatable bonds is 5. The molecule has 0 spiro atoms. The van der Waals surface area contributed by atoms with Gasteiger partial charge in [0, 0.05) is 30.0 Å². The predicted molar refractivity (Wildman–Crippen MR) is 102 cm³/mol. The Balaban J connectivity index is 1.81. The SMILES string of the molecule is CCN(CC)c1ccc(NC(=O)c2cccc3ccccc23)cc1. The zero-order valence-electron chi connectivity index (χ0n) is 14.1. The zero-order valence-corrected chi connectivity index (χ0v) is 14.1. The number of anilines is 2. The van der Waals surface area contributed by atoms with Gasteiger partial charge in [0.2, 0.25) is 0 Å². The molecule has 3 rings (SSSR count). The average molecular weight is 318 g/mol. The summed E-state index contributed by atoms with van der Waals surface area (Å²) in [5.74, 6) is -0.0811. The third-order valence-electron chi connectivity index (χ3n) is 4.29. The lowest BCUT2D eigenvalue weighted by molar-refractivity contribution is 0.102. The van der Waals surface area contributed by atoms with Crippen LogP contribution in [0.3, 0.4) is 0 Å². The largest absolute Gasteiger partial charge is 0.372 e. The van der Waals surface area contributed by atoms with Crippen molar-refractivity contribution in [2.24, 2.45) is 0 Å². The molecule has 24 heavy (non-hydrogen) atoms. The van der Waals surface area contributed by atoms with E-state index < -0.39 is 0 Å². The smallest absolute Gasteiger partial charge is 0.256 e. The molecule has 3 aromatic rings. The number of fused-ring (bicyclic) bond motifs is 1. The van der Waals surface area contributed by atoms with Crippen LogP contribution in [0.25, 0.3) is 10.8 Å². The molecule has 0 aliphatic heterocycles. The molecule has 0 fully saturated rings. The van der Waals surface area contributed by atoms with E-state index in [0.717, 1.165) is 29.5 Å². The minimum atomic E-state index is -0.0811. The van der Waals surface area contributed by atoms with Gasteiger partial charge in [-0.1, -0.05) is 36.4 Å². The number of amides is 1. The predicted octanol–water partition coefficient (Wildman–Crippen LogP) is 4.94. The molecule has 3 nitrogen and oxygen atoms in total. The number of carbonyl (C=O) groups is 1. The molecule has 1 amide bonds. The summed E-state index contributed by atoms with van der Waals surface area (Å²) in [5.41, 5.74) is 2.67. The number of benzene rings is 3. The second-order valence-electron chi connectivity index (χ2n) is 5.70.